The number of hydrogen-bond acceptors (Lipinski definition) is 3. The van der Waals surface area contributed by atoms with Crippen molar-refractivity contribution in [2.45, 2.75) is 26.3 Å². The molecule has 3 nitrogen and oxygen atoms in total. The van der Waals surface area contributed by atoms with E-state index >= 15 is 0 Å². The van der Waals surface area contributed by atoms with Crippen LogP contribution < -0.4 is 5.32 Å². The monoisotopic (exact) mass is 277 g/mol. The average Bonchev–Trinajstić information content (AvgIpc) is 2.36. The second kappa shape index (κ2) is 8.40. The summed E-state index contributed by atoms with van der Waals surface area (Å²) in [7, 11) is 8.51. The zero-order valence-corrected chi connectivity index (χ0v) is 14.0. The van der Waals surface area contributed by atoms with Crippen LogP contribution >= 0.6 is 0 Å². The SMILES string of the molecule is CNC(CCN(C)CCN(C)C)c1cc(C)cc(C)c1. The quantitative estimate of drug-likeness (QED) is 0.787. The summed E-state index contributed by atoms with van der Waals surface area (Å²) in [5, 5.41) is 3.46. The molecule has 0 amide bonds. The van der Waals surface area contributed by atoms with Crippen LogP contribution in [0, 0.1) is 13.8 Å². The summed E-state index contributed by atoms with van der Waals surface area (Å²) >= 11 is 0. The van der Waals surface area contributed by atoms with Gasteiger partial charge in [0.25, 0.3) is 0 Å². The minimum absolute atomic E-state index is 0.440. The number of rotatable bonds is 8. The number of aryl methyl sites for hydroxylation is 2. The summed E-state index contributed by atoms with van der Waals surface area (Å²) < 4.78 is 0. The van der Waals surface area contributed by atoms with Crippen molar-refractivity contribution in [1.29, 1.82) is 0 Å². The summed E-state index contributed by atoms with van der Waals surface area (Å²) in [4.78, 5) is 4.64. The zero-order chi connectivity index (χ0) is 15.1. The van der Waals surface area contributed by atoms with E-state index in [0.717, 1.165) is 26.1 Å². The van der Waals surface area contributed by atoms with Gasteiger partial charge in [-0.05, 0) is 60.6 Å². The summed E-state index contributed by atoms with van der Waals surface area (Å²) in [6.45, 7) is 7.70. The summed E-state index contributed by atoms with van der Waals surface area (Å²) in [6, 6.07) is 7.27. The second-order valence-corrected chi connectivity index (χ2v) is 6.16. The minimum Gasteiger partial charge on any atom is -0.313 e. The van der Waals surface area contributed by atoms with Crippen LogP contribution in [0.5, 0.6) is 0 Å². The first kappa shape index (κ1) is 17.2. The molecule has 0 spiro atoms. The smallest absolute Gasteiger partial charge is 0.0329 e. The van der Waals surface area contributed by atoms with Gasteiger partial charge in [-0.1, -0.05) is 29.3 Å². The highest BCUT2D eigenvalue weighted by molar-refractivity contribution is 5.30. The van der Waals surface area contributed by atoms with Crippen LogP contribution in [0.4, 0.5) is 0 Å². The number of hydrogen-bond donors (Lipinski definition) is 1. The molecule has 0 aliphatic carbocycles. The lowest BCUT2D eigenvalue weighted by Crippen LogP contribution is -2.31. The Hall–Kier alpha value is -0.900. The van der Waals surface area contributed by atoms with E-state index in [-0.39, 0.29) is 0 Å². The maximum absolute atomic E-state index is 3.46. The highest BCUT2D eigenvalue weighted by Gasteiger charge is 2.11. The summed E-state index contributed by atoms with van der Waals surface area (Å²) in [6.07, 6.45) is 1.14. The molecule has 1 unspecified atom stereocenters. The number of nitrogens with one attached hydrogen (secondary N) is 1. The minimum atomic E-state index is 0.440. The van der Waals surface area contributed by atoms with Crippen molar-refractivity contribution in [1.82, 2.24) is 15.1 Å². The maximum Gasteiger partial charge on any atom is 0.0329 e. The topological polar surface area (TPSA) is 18.5 Å². The van der Waals surface area contributed by atoms with Crippen molar-refractivity contribution in [3.8, 4) is 0 Å². The molecule has 0 saturated carbocycles. The Morgan fingerprint density at radius 1 is 0.950 bits per heavy atom. The molecule has 0 aromatic heterocycles. The lowest BCUT2D eigenvalue weighted by molar-refractivity contribution is 0.270. The van der Waals surface area contributed by atoms with Crippen molar-refractivity contribution in [2.24, 2.45) is 0 Å². The molecule has 1 rings (SSSR count). The van der Waals surface area contributed by atoms with E-state index in [4.69, 9.17) is 0 Å². The normalized spacial score (nSPS) is 13.2. The van der Waals surface area contributed by atoms with Crippen LogP contribution in [0.3, 0.4) is 0 Å². The van der Waals surface area contributed by atoms with Crippen LogP contribution in [-0.4, -0.2) is 57.6 Å². The van der Waals surface area contributed by atoms with E-state index in [1.165, 1.54) is 16.7 Å². The van der Waals surface area contributed by atoms with Crippen molar-refractivity contribution in [3.63, 3.8) is 0 Å². The summed E-state index contributed by atoms with van der Waals surface area (Å²) in [5.41, 5.74) is 4.11. The fourth-order valence-corrected chi connectivity index (χ4v) is 2.52. The van der Waals surface area contributed by atoms with E-state index in [9.17, 15) is 0 Å². The average molecular weight is 277 g/mol. The predicted octanol–water partition coefficient (Wildman–Crippen LogP) is 2.45. The van der Waals surface area contributed by atoms with E-state index in [0.29, 0.717) is 6.04 Å². The Balaban J connectivity index is 2.54. The van der Waals surface area contributed by atoms with Gasteiger partial charge in [0.15, 0.2) is 0 Å². The summed E-state index contributed by atoms with van der Waals surface area (Å²) in [5.74, 6) is 0. The van der Waals surface area contributed by atoms with Gasteiger partial charge in [-0.3, -0.25) is 0 Å². The molecular weight excluding hydrogens is 246 g/mol. The number of likely N-dealkylation sites (N-methyl/N-ethyl adjacent to an activating group) is 2. The lowest BCUT2D eigenvalue weighted by atomic mass is 9.99. The fraction of sp³-hybridized carbons (Fsp3) is 0.647. The van der Waals surface area contributed by atoms with E-state index < -0.39 is 0 Å². The lowest BCUT2D eigenvalue weighted by Gasteiger charge is -2.23. The predicted molar refractivity (Wildman–Crippen MR) is 88.4 cm³/mol. The molecule has 1 aromatic rings. The molecular formula is C17H31N3. The molecule has 1 aromatic carbocycles. The molecule has 0 aliphatic heterocycles. The Labute approximate surface area is 125 Å². The van der Waals surface area contributed by atoms with Gasteiger partial charge >= 0.3 is 0 Å². The van der Waals surface area contributed by atoms with Crippen LogP contribution in [0.1, 0.15) is 29.2 Å². The maximum atomic E-state index is 3.46. The molecule has 1 atom stereocenters. The largest absolute Gasteiger partial charge is 0.313 e. The third-order valence-corrected chi connectivity index (χ3v) is 3.72. The molecule has 0 heterocycles. The van der Waals surface area contributed by atoms with Crippen LogP contribution in [0.15, 0.2) is 18.2 Å². The van der Waals surface area contributed by atoms with Gasteiger partial charge in [-0.25, -0.2) is 0 Å². The van der Waals surface area contributed by atoms with Gasteiger partial charge < -0.3 is 15.1 Å². The van der Waals surface area contributed by atoms with Gasteiger partial charge in [-0.15, -0.1) is 0 Å². The van der Waals surface area contributed by atoms with Crippen molar-refractivity contribution < 1.29 is 0 Å². The molecule has 1 N–H and O–H groups in total. The molecule has 0 bridgehead atoms. The zero-order valence-electron chi connectivity index (χ0n) is 14.0. The van der Waals surface area contributed by atoms with Gasteiger partial charge in [0, 0.05) is 19.1 Å². The van der Waals surface area contributed by atoms with Gasteiger partial charge in [0.1, 0.15) is 0 Å². The van der Waals surface area contributed by atoms with Crippen molar-refractivity contribution >= 4 is 0 Å². The Bertz CT molecular complexity index is 381. The Morgan fingerprint density at radius 2 is 1.55 bits per heavy atom. The van der Waals surface area contributed by atoms with Crippen LogP contribution in [0.25, 0.3) is 0 Å². The van der Waals surface area contributed by atoms with E-state index in [1.54, 1.807) is 0 Å². The second-order valence-electron chi connectivity index (χ2n) is 6.16. The number of benzene rings is 1. The third kappa shape index (κ3) is 6.04. The van der Waals surface area contributed by atoms with Gasteiger partial charge in [0.2, 0.25) is 0 Å². The molecule has 0 saturated heterocycles. The number of nitrogens with zero attached hydrogens (tertiary/aromatic N) is 2. The van der Waals surface area contributed by atoms with E-state index in [2.05, 4.69) is 75.4 Å². The fourth-order valence-electron chi connectivity index (χ4n) is 2.52. The van der Waals surface area contributed by atoms with Gasteiger partial charge in [-0.2, -0.15) is 0 Å². The first-order chi connectivity index (χ1) is 9.42. The molecule has 20 heavy (non-hydrogen) atoms. The molecule has 0 aliphatic rings. The van der Waals surface area contributed by atoms with Crippen LogP contribution in [-0.2, 0) is 0 Å². The van der Waals surface area contributed by atoms with Crippen molar-refractivity contribution in [2.75, 3.05) is 47.8 Å². The third-order valence-electron chi connectivity index (χ3n) is 3.72. The molecule has 0 radical (unpaired) electrons. The first-order valence-corrected chi connectivity index (χ1v) is 7.51. The standard InChI is InChI=1S/C17H31N3/c1-14-11-15(2)13-16(12-14)17(18-3)7-8-20(6)10-9-19(4)5/h11-13,17-18H,7-10H2,1-6H3. The highest BCUT2D eigenvalue weighted by atomic mass is 15.1. The molecule has 0 fully saturated rings. The van der Waals surface area contributed by atoms with Crippen molar-refractivity contribution in [3.05, 3.63) is 34.9 Å². The molecule has 114 valence electrons. The van der Waals surface area contributed by atoms with Crippen LogP contribution in [0.2, 0.25) is 0 Å². The van der Waals surface area contributed by atoms with E-state index in [1.807, 2.05) is 0 Å². The Kier molecular flexibility index (Phi) is 7.20. The van der Waals surface area contributed by atoms with Gasteiger partial charge in [0.05, 0.1) is 0 Å². The molecule has 3 heteroatoms. The highest BCUT2D eigenvalue weighted by Crippen LogP contribution is 2.19. The Morgan fingerprint density at radius 3 is 2.05 bits per heavy atom. The first-order valence-electron chi connectivity index (χ1n) is 7.51.